The molecule has 1 saturated heterocycles. The molecular formula is C13H16BrClN2O2. The second-order valence-electron chi connectivity index (χ2n) is 4.31. The van der Waals surface area contributed by atoms with Crippen LogP contribution in [0.1, 0.15) is 10.4 Å². The largest absolute Gasteiger partial charge is 0.379 e. The Hall–Kier alpha value is -0.620. The van der Waals surface area contributed by atoms with Crippen molar-refractivity contribution in [2.24, 2.45) is 0 Å². The molecule has 1 amide bonds. The van der Waals surface area contributed by atoms with Crippen molar-refractivity contribution in [2.45, 2.75) is 0 Å². The van der Waals surface area contributed by atoms with Gasteiger partial charge in [-0.3, -0.25) is 9.69 Å². The smallest absolute Gasteiger partial charge is 0.252 e. The summed E-state index contributed by atoms with van der Waals surface area (Å²) in [6.45, 7) is 4.83. The lowest BCUT2D eigenvalue weighted by Crippen LogP contribution is -2.41. The Morgan fingerprint density at radius 2 is 2.16 bits per heavy atom. The van der Waals surface area contributed by atoms with Crippen LogP contribution in [0.15, 0.2) is 22.7 Å². The lowest BCUT2D eigenvalue weighted by atomic mass is 10.2. The molecular weight excluding hydrogens is 332 g/mol. The van der Waals surface area contributed by atoms with Gasteiger partial charge in [0.2, 0.25) is 0 Å². The molecule has 0 unspecified atom stereocenters. The molecule has 1 aromatic carbocycles. The Labute approximate surface area is 126 Å². The molecule has 0 aliphatic carbocycles. The molecule has 4 nitrogen and oxygen atoms in total. The molecule has 0 atom stereocenters. The highest BCUT2D eigenvalue weighted by atomic mass is 79.9. The van der Waals surface area contributed by atoms with E-state index in [0.717, 1.165) is 37.3 Å². The number of halogens is 2. The van der Waals surface area contributed by atoms with Crippen molar-refractivity contribution < 1.29 is 9.53 Å². The Balaban J connectivity index is 1.82. The number of rotatable bonds is 4. The number of carbonyl (C=O) groups is 1. The molecule has 19 heavy (non-hydrogen) atoms. The van der Waals surface area contributed by atoms with Gasteiger partial charge in [0.25, 0.3) is 5.91 Å². The molecule has 1 N–H and O–H groups in total. The zero-order chi connectivity index (χ0) is 13.7. The lowest BCUT2D eigenvalue weighted by Gasteiger charge is -2.26. The summed E-state index contributed by atoms with van der Waals surface area (Å²) < 4.78 is 6.01. The summed E-state index contributed by atoms with van der Waals surface area (Å²) in [5, 5.41) is 3.34. The van der Waals surface area contributed by atoms with E-state index in [0.29, 0.717) is 17.1 Å². The first-order valence-corrected chi connectivity index (χ1v) is 7.38. The van der Waals surface area contributed by atoms with E-state index in [4.69, 9.17) is 16.3 Å². The summed E-state index contributed by atoms with van der Waals surface area (Å²) in [6, 6.07) is 5.33. The second-order valence-corrected chi connectivity index (χ2v) is 5.54. The maximum absolute atomic E-state index is 12.0. The van der Waals surface area contributed by atoms with E-state index in [-0.39, 0.29) is 5.91 Å². The molecule has 1 aliphatic heterocycles. The predicted molar refractivity (Wildman–Crippen MR) is 78.7 cm³/mol. The molecule has 1 aliphatic rings. The second kappa shape index (κ2) is 7.24. The average Bonchev–Trinajstić information content (AvgIpc) is 2.43. The number of benzene rings is 1. The minimum atomic E-state index is -0.139. The number of morpholine rings is 1. The summed E-state index contributed by atoms with van der Waals surface area (Å²) in [5.41, 5.74) is 0.498. The third-order valence-electron chi connectivity index (χ3n) is 3.01. The quantitative estimate of drug-likeness (QED) is 0.907. The molecule has 104 valence electrons. The minimum Gasteiger partial charge on any atom is -0.379 e. The standard InChI is InChI=1S/C13H16BrClN2O2/c14-11-3-1-2-10(12(11)15)13(18)16-4-5-17-6-8-19-9-7-17/h1-3H,4-9H2,(H,16,18). The highest BCUT2D eigenvalue weighted by Gasteiger charge is 2.13. The Morgan fingerprint density at radius 1 is 1.42 bits per heavy atom. The van der Waals surface area contributed by atoms with Crippen LogP contribution in [0.4, 0.5) is 0 Å². The van der Waals surface area contributed by atoms with Crippen molar-refractivity contribution >= 4 is 33.4 Å². The third kappa shape index (κ3) is 4.18. The molecule has 6 heteroatoms. The first-order chi connectivity index (χ1) is 9.18. The normalized spacial score (nSPS) is 16.3. The molecule has 1 heterocycles. The Morgan fingerprint density at radius 3 is 2.89 bits per heavy atom. The van der Waals surface area contributed by atoms with Gasteiger partial charge in [0.15, 0.2) is 0 Å². The molecule has 2 rings (SSSR count). The molecule has 0 bridgehead atoms. The summed E-state index contributed by atoms with van der Waals surface area (Å²) >= 11 is 9.39. The average molecular weight is 348 g/mol. The van der Waals surface area contributed by atoms with Crippen molar-refractivity contribution in [3.8, 4) is 0 Å². The summed E-state index contributed by atoms with van der Waals surface area (Å²) in [5.74, 6) is -0.139. The van der Waals surface area contributed by atoms with E-state index in [9.17, 15) is 4.79 Å². The Kier molecular flexibility index (Phi) is 5.63. The highest BCUT2D eigenvalue weighted by Crippen LogP contribution is 2.25. The van der Waals surface area contributed by atoms with Crippen molar-refractivity contribution in [2.75, 3.05) is 39.4 Å². The van der Waals surface area contributed by atoms with Crippen LogP contribution >= 0.6 is 27.5 Å². The summed E-state index contributed by atoms with van der Waals surface area (Å²) in [4.78, 5) is 14.3. The van der Waals surface area contributed by atoms with E-state index in [1.807, 2.05) is 6.07 Å². The van der Waals surface area contributed by atoms with Gasteiger partial charge in [0.05, 0.1) is 23.8 Å². The van der Waals surface area contributed by atoms with Gasteiger partial charge in [-0.05, 0) is 28.1 Å². The summed E-state index contributed by atoms with van der Waals surface area (Å²) in [7, 11) is 0. The van der Waals surface area contributed by atoms with Crippen LogP contribution in [0.5, 0.6) is 0 Å². The van der Waals surface area contributed by atoms with Gasteiger partial charge in [-0.25, -0.2) is 0 Å². The first-order valence-electron chi connectivity index (χ1n) is 6.21. The van der Waals surface area contributed by atoms with Crippen molar-refractivity contribution in [3.05, 3.63) is 33.3 Å². The van der Waals surface area contributed by atoms with Gasteiger partial charge < -0.3 is 10.1 Å². The van der Waals surface area contributed by atoms with E-state index in [1.54, 1.807) is 12.1 Å². The van der Waals surface area contributed by atoms with Gasteiger partial charge in [-0.1, -0.05) is 17.7 Å². The topological polar surface area (TPSA) is 41.6 Å². The van der Waals surface area contributed by atoms with Gasteiger partial charge in [0, 0.05) is 30.7 Å². The molecule has 0 saturated carbocycles. The van der Waals surface area contributed by atoms with E-state index >= 15 is 0 Å². The maximum atomic E-state index is 12.0. The zero-order valence-electron chi connectivity index (χ0n) is 10.5. The van der Waals surface area contributed by atoms with E-state index in [1.165, 1.54) is 0 Å². The van der Waals surface area contributed by atoms with Crippen LogP contribution in [0, 0.1) is 0 Å². The Bertz CT molecular complexity index is 450. The van der Waals surface area contributed by atoms with E-state index in [2.05, 4.69) is 26.1 Å². The molecule has 0 radical (unpaired) electrons. The van der Waals surface area contributed by atoms with Gasteiger partial charge in [-0.2, -0.15) is 0 Å². The van der Waals surface area contributed by atoms with Crippen LogP contribution in [0.25, 0.3) is 0 Å². The van der Waals surface area contributed by atoms with Crippen LogP contribution < -0.4 is 5.32 Å². The van der Waals surface area contributed by atoms with Crippen molar-refractivity contribution in [1.82, 2.24) is 10.2 Å². The lowest BCUT2D eigenvalue weighted by molar-refractivity contribution is 0.0383. The maximum Gasteiger partial charge on any atom is 0.252 e. The number of nitrogens with zero attached hydrogens (tertiary/aromatic N) is 1. The van der Waals surface area contributed by atoms with Gasteiger partial charge in [0.1, 0.15) is 0 Å². The SMILES string of the molecule is O=C(NCCN1CCOCC1)c1cccc(Br)c1Cl. The number of ether oxygens (including phenoxy) is 1. The fraction of sp³-hybridized carbons (Fsp3) is 0.462. The molecule has 0 aromatic heterocycles. The van der Waals surface area contributed by atoms with Gasteiger partial charge in [-0.15, -0.1) is 0 Å². The predicted octanol–water partition coefficient (Wildman–Crippen LogP) is 2.16. The minimum absolute atomic E-state index is 0.139. The van der Waals surface area contributed by atoms with Crippen LogP contribution in [0.2, 0.25) is 5.02 Å². The summed E-state index contributed by atoms with van der Waals surface area (Å²) in [6.07, 6.45) is 0. The highest BCUT2D eigenvalue weighted by molar-refractivity contribution is 9.10. The van der Waals surface area contributed by atoms with Crippen LogP contribution in [-0.4, -0.2) is 50.2 Å². The molecule has 1 fully saturated rings. The van der Waals surface area contributed by atoms with Crippen LogP contribution in [-0.2, 0) is 4.74 Å². The van der Waals surface area contributed by atoms with Crippen molar-refractivity contribution in [1.29, 1.82) is 0 Å². The number of carbonyl (C=O) groups excluding carboxylic acids is 1. The fourth-order valence-corrected chi connectivity index (χ4v) is 2.50. The monoisotopic (exact) mass is 346 g/mol. The number of hydrogen-bond acceptors (Lipinski definition) is 3. The van der Waals surface area contributed by atoms with Crippen molar-refractivity contribution in [3.63, 3.8) is 0 Å². The first kappa shape index (κ1) is 14.8. The molecule has 1 aromatic rings. The third-order valence-corrected chi connectivity index (χ3v) is 4.31. The van der Waals surface area contributed by atoms with Gasteiger partial charge >= 0.3 is 0 Å². The number of nitrogens with one attached hydrogen (secondary N) is 1. The molecule has 0 spiro atoms. The zero-order valence-corrected chi connectivity index (χ0v) is 12.8. The van der Waals surface area contributed by atoms with Crippen LogP contribution in [0.3, 0.4) is 0 Å². The van der Waals surface area contributed by atoms with E-state index < -0.39 is 0 Å². The number of amides is 1. The number of hydrogen-bond donors (Lipinski definition) is 1. The fourth-order valence-electron chi connectivity index (χ4n) is 1.93.